The summed E-state index contributed by atoms with van der Waals surface area (Å²) in [6.45, 7) is 4.02. The van der Waals surface area contributed by atoms with Crippen molar-refractivity contribution in [1.29, 1.82) is 0 Å². The number of amides is 3. The fourth-order valence-electron chi connectivity index (χ4n) is 3.19. The number of hydrogen-bond acceptors (Lipinski definition) is 5. The van der Waals surface area contributed by atoms with Crippen LogP contribution in [0.3, 0.4) is 0 Å². The standard InChI is InChI=1S/C22H18N4O3/c1-13-4-7-17(12-14(13)2)25(3)20(27)15-5-8-16(9-6-15)26-21(28)18-19(22(26)29)24-11-10-23-18/h4-12H,1-3H3. The van der Waals surface area contributed by atoms with Crippen molar-refractivity contribution in [2.45, 2.75) is 13.8 Å². The lowest BCUT2D eigenvalue weighted by Crippen LogP contribution is -2.30. The summed E-state index contributed by atoms with van der Waals surface area (Å²) in [6, 6.07) is 12.2. The second-order valence-corrected chi connectivity index (χ2v) is 6.88. The molecule has 0 saturated carbocycles. The average molecular weight is 386 g/mol. The van der Waals surface area contributed by atoms with Crippen molar-refractivity contribution < 1.29 is 14.4 Å². The van der Waals surface area contributed by atoms with Gasteiger partial charge in [0.1, 0.15) is 0 Å². The summed E-state index contributed by atoms with van der Waals surface area (Å²) >= 11 is 0. The first kappa shape index (κ1) is 18.5. The van der Waals surface area contributed by atoms with Gasteiger partial charge in [-0.25, -0.2) is 14.9 Å². The van der Waals surface area contributed by atoms with E-state index < -0.39 is 11.8 Å². The smallest absolute Gasteiger partial charge is 0.286 e. The third-order valence-corrected chi connectivity index (χ3v) is 5.06. The van der Waals surface area contributed by atoms with Crippen LogP contribution in [-0.2, 0) is 0 Å². The van der Waals surface area contributed by atoms with Gasteiger partial charge in [0.05, 0.1) is 5.69 Å². The van der Waals surface area contributed by atoms with Gasteiger partial charge >= 0.3 is 0 Å². The van der Waals surface area contributed by atoms with Gasteiger partial charge in [-0.1, -0.05) is 6.07 Å². The van der Waals surface area contributed by atoms with Crippen molar-refractivity contribution in [2.75, 3.05) is 16.8 Å². The van der Waals surface area contributed by atoms with E-state index in [9.17, 15) is 14.4 Å². The third-order valence-electron chi connectivity index (χ3n) is 5.06. The minimum Gasteiger partial charge on any atom is -0.311 e. The van der Waals surface area contributed by atoms with Crippen molar-refractivity contribution in [3.05, 3.63) is 82.9 Å². The minimum absolute atomic E-state index is 0.0344. The second-order valence-electron chi connectivity index (χ2n) is 6.88. The number of hydrogen-bond donors (Lipinski definition) is 0. The zero-order chi connectivity index (χ0) is 20.7. The molecular formula is C22H18N4O3. The van der Waals surface area contributed by atoms with E-state index in [4.69, 9.17) is 0 Å². The molecule has 1 aliphatic heterocycles. The maximum absolute atomic E-state index is 12.8. The van der Waals surface area contributed by atoms with E-state index in [0.29, 0.717) is 11.3 Å². The molecule has 2 heterocycles. The Labute approximate surface area is 167 Å². The predicted octanol–water partition coefficient (Wildman–Crippen LogP) is 3.17. The molecule has 0 fully saturated rings. The van der Waals surface area contributed by atoms with Crippen LogP contribution in [0.4, 0.5) is 11.4 Å². The Morgan fingerprint density at radius 2 is 1.45 bits per heavy atom. The van der Waals surface area contributed by atoms with Crippen molar-refractivity contribution >= 4 is 29.1 Å². The molecule has 29 heavy (non-hydrogen) atoms. The van der Waals surface area contributed by atoms with Gasteiger partial charge in [0.25, 0.3) is 17.7 Å². The van der Waals surface area contributed by atoms with Crippen LogP contribution >= 0.6 is 0 Å². The number of nitrogens with zero attached hydrogens (tertiary/aromatic N) is 4. The molecule has 0 spiro atoms. The largest absolute Gasteiger partial charge is 0.311 e. The Morgan fingerprint density at radius 1 is 0.862 bits per heavy atom. The number of rotatable bonds is 3. The molecule has 7 heteroatoms. The van der Waals surface area contributed by atoms with Crippen molar-refractivity contribution in [2.24, 2.45) is 0 Å². The number of aromatic nitrogens is 2. The molecular weight excluding hydrogens is 368 g/mol. The number of anilines is 2. The monoisotopic (exact) mass is 386 g/mol. The summed E-state index contributed by atoms with van der Waals surface area (Å²) in [7, 11) is 1.71. The molecule has 0 aliphatic carbocycles. The highest BCUT2D eigenvalue weighted by molar-refractivity contribution is 6.33. The first-order valence-corrected chi connectivity index (χ1v) is 9.03. The zero-order valence-electron chi connectivity index (χ0n) is 16.2. The molecule has 1 aromatic heterocycles. The highest BCUT2D eigenvalue weighted by Gasteiger charge is 2.39. The van der Waals surface area contributed by atoms with E-state index in [1.807, 2.05) is 32.0 Å². The van der Waals surface area contributed by atoms with Gasteiger partial charge in [0.15, 0.2) is 11.4 Å². The molecule has 0 atom stereocenters. The SMILES string of the molecule is Cc1ccc(N(C)C(=O)c2ccc(N3C(=O)c4nccnc4C3=O)cc2)cc1C. The molecule has 144 valence electrons. The zero-order valence-corrected chi connectivity index (χ0v) is 16.2. The maximum atomic E-state index is 12.8. The van der Waals surface area contributed by atoms with Crippen LogP contribution in [0.25, 0.3) is 0 Å². The van der Waals surface area contributed by atoms with Crippen LogP contribution in [0.5, 0.6) is 0 Å². The highest BCUT2D eigenvalue weighted by Crippen LogP contribution is 2.27. The van der Waals surface area contributed by atoms with E-state index in [-0.39, 0.29) is 17.3 Å². The first-order valence-electron chi connectivity index (χ1n) is 9.03. The number of carbonyl (C=O) groups excluding carboxylic acids is 3. The molecule has 4 rings (SSSR count). The average Bonchev–Trinajstić information content (AvgIpc) is 3.00. The molecule has 2 aromatic carbocycles. The molecule has 0 radical (unpaired) electrons. The predicted molar refractivity (Wildman–Crippen MR) is 108 cm³/mol. The van der Waals surface area contributed by atoms with Gasteiger partial charge in [0, 0.05) is 30.7 Å². The van der Waals surface area contributed by atoms with Crippen LogP contribution in [0.2, 0.25) is 0 Å². The van der Waals surface area contributed by atoms with Gasteiger partial charge in [-0.15, -0.1) is 0 Å². The van der Waals surface area contributed by atoms with Gasteiger partial charge < -0.3 is 4.90 Å². The number of carbonyl (C=O) groups is 3. The van der Waals surface area contributed by atoms with Gasteiger partial charge in [-0.3, -0.25) is 14.4 Å². The van der Waals surface area contributed by atoms with Crippen molar-refractivity contribution in [3.8, 4) is 0 Å². The Hall–Kier alpha value is -3.87. The number of fused-ring (bicyclic) bond motifs is 1. The van der Waals surface area contributed by atoms with E-state index in [2.05, 4.69) is 9.97 Å². The fourth-order valence-corrected chi connectivity index (χ4v) is 3.19. The Morgan fingerprint density at radius 3 is 2.00 bits per heavy atom. The normalized spacial score (nSPS) is 12.9. The number of aryl methyl sites for hydroxylation is 2. The quantitative estimate of drug-likeness (QED) is 0.646. The summed E-state index contributed by atoms with van der Waals surface area (Å²) in [5.74, 6) is -1.24. The van der Waals surface area contributed by atoms with Crippen molar-refractivity contribution in [3.63, 3.8) is 0 Å². The van der Waals surface area contributed by atoms with Crippen molar-refractivity contribution in [1.82, 2.24) is 9.97 Å². The summed E-state index contributed by atoms with van der Waals surface area (Å²) in [5, 5.41) is 0. The van der Waals surface area contributed by atoms with E-state index in [0.717, 1.165) is 21.7 Å². The highest BCUT2D eigenvalue weighted by atomic mass is 16.2. The first-order chi connectivity index (χ1) is 13.9. The molecule has 0 saturated heterocycles. The molecule has 7 nitrogen and oxygen atoms in total. The molecule has 1 aliphatic rings. The molecule has 3 amide bonds. The van der Waals surface area contributed by atoms with Crippen LogP contribution in [0.15, 0.2) is 54.9 Å². The van der Waals surface area contributed by atoms with Crippen LogP contribution in [0, 0.1) is 13.8 Å². The summed E-state index contributed by atoms with van der Waals surface area (Å²) in [4.78, 5) is 48.3. The molecule has 0 unspecified atom stereocenters. The van der Waals surface area contributed by atoms with E-state index >= 15 is 0 Å². The lowest BCUT2D eigenvalue weighted by atomic mass is 10.1. The molecule has 0 bridgehead atoms. The molecule has 0 N–H and O–H groups in total. The lowest BCUT2D eigenvalue weighted by molar-refractivity contribution is 0.0922. The second kappa shape index (κ2) is 6.94. The summed E-state index contributed by atoms with van der Waals surface area (Å²) in [5.41, 5.74) is 3.93. The number of benzene rings is 2. The Balaban J connectivity index is 1.58. The Bertz CT molecular complexity index is 1120. The topological polar surface area (TPSA) is 83.5 Å². The molecule has 3 aromatic rings. The van der Waals surface area contributed by atoms with Crippen LogP contribution in [-0.4, -0.2) is 34.7 Å². The van der Waals surface area contributed by atoms with Gasteiger partial charge in [-0.05, 0) is 61.4 Å². The third kappa shape index (κ3) is 3.06. The summed E-state index contributed by atoms with van der Waals surface area (Å²) < 4.78 is 0. The summed E-state index contributed by atoms with van der Waals surface area (Å²) in [6.07, 6.45) is 2.75. The van der Waals surface area contributed by atoms with Gasteiger partial charge in [0.2, 0.25) is 0 Å². The maximum Gasteiger partial charge on any atom is 0.286 e. The van der Waals surface area contributed by atoms with Crippen LogP contribution in [0.1, 0.15) is 42.5 Å². The number of imide groups is 1. The van der Waals surface area contributed by atoms with Gasteiger partial charge in [-0.2, -0.15) is 0 Å². The van der Waals surface area contributed by atoms with E-state index in [1.165, 1.54) is 12.4 Å². The Kier molecular flexibility index (Phi) is 4.43. The minimum atomic E-state index is -0.524. The fraction of sp³-hybridized carbons (Fsp3) is 0.136. The van der Waals surface area contributed by atoms with E-state index in [1.54, 1.807) is 36.2 Å². The van der Waals surface area contributed by atoms with Crippen LogP contribution < -0.4 is 9.80 Å². The lowest BCUT2D eigenvalue weighted by Gasteiger charge is -2.19.